The first-order chi connectivity index (χ1) is 46.1. The molecule has 0 aromatic heterocycles. The maximum absolute atomic E-state index is 13.4. The van der Waals surface area contributed by atoms with Crippen molar-refractivity contribution in [3.05, 3.63) is 24.3 Å². The molecule has 2 aliphatic heterocycles. The van der Waals surface area contributed by atoms with Crippen LogP contribution in [0.2, 0.25) is 0 Å². The molecule has 14 nitrogen and oxygen atoms in total. The summed E-state index contributed by atoms with van der Waals surface area (Å²) >= 11 is 0. The highest BCUT2D eigenvalue weighted by Gasteiger charge is 2.51. The molecule has 2 rings (SSSR count). The van der Waals surface area contributed by atoms with Gasteiger partial charge >= 0.3 is 0 Å². The second-order valence-corrected chi connectivity index (χ2v) is 28.9. The highest BCUT2D eigenvalue weighted by atomic mass is 16.7. The van der Waals surface area contributed by atoms with E-state index in [2.05, 4.69) is 43.5 Å². The minimum absolute atomic E-state index is 0.197. The molecule has 2 saturated heterocycles. The number of hydrogen-bond donors (Lipinski definition) is 9. The van der Waals surface area contributed by atoms with Crippen molar-refractivity contribution >= 4 is 5.91 Å². The highest BCUT2D eigenvalue weighted by molar-refractivity contribution is 5.76. The van der Waals surface area contributed by atoms with Crippen LogP contribution in [0.15, 0.2) is 24.3 Å². The summed E-state index contributed by atoms with van der Waals surface area (Å²) in [4.78, 5) is 13.4. The molecule has 0 bridgehead atoms. The SMILES string of the molecule is CCCCCCC/C=C\C/C=C\CCCCCCCCCCCCCCCCCCCCCCCCCCCCCC(=O)NC(COC1OC(CO)C(OC2OC(CO)C(O)C(O)C2O)C(O)C1O)C(O)CCCCCCCCCCCCCCCCCCCCCCC. The largest absolute Gasteiger partial charge is 0.394 e. The van der Waals surface area contributed by atoms with E-state index < -0.39 is 86.8 Å². The summed E-state index contributed by atoms with van der Waals surface area (Å²) in [5.41, 5.74) is 0. The van der Waals surface area contributed by atoms with Crippen LogP contribution < -0.4 is 5.32 Å². The lowest BCUT2D eigenvalue weighted by Gasteiger charge is -2.46. The van der Waals surface area contributed by atoms with Crippen molar-refractivity contribution in [3.8, 4) is 0 Å². The predicted octanol–water partition coefficient (Wildman–Crippen LogP) is 18.3. The highest BCUT2D eigenvalue weighted by Crippen LogP contribution is 2.30. The third-order valence-corrected chi connectivity index (χ3v) is 20.2. The zero-order valence-electron chi connectivity index (χ0n) is 61.0. The van der Waals surface area contributed by atoms with Crippen molar-refractivity contribution in [1.82, 2.24) is 5.32 Å². The number of nitrogens with one attached hydrogen (secondary N) is 1. The second kappa shape index (κ2) is 64.8. The van der Waals surface area contributed by atoms with Crippen molar-refractivity contribution in [2.75, 3.05) is 19.8 Å². The second-order valence-electron chi connectivity index (χ2n) is 28.9. The Hall–Kier alpha value is -1.53. The zero-order chi connectivity index (χ0) is 68.0. The number of aliphatic hydroxyl groups excluding tert-OH is 8. The van der Waals surface area contributed by atoms with E-state index in [1.807, 2.05) is 0 Å². The van der Waals surface area contributed by atoms with Crippen molar-refractivity contribution in [2.45, 2.75) is 460 Å². The Morgan fingerprint density at radius 2 is 0.702 bits per heavy atom. The van der Waals surface area contributed by atoms with E-state index in [0.717, 1.165) is 57.8 Å². The Kier molecular flexibility index (Phi) is 61.1. The van der Waals surface area contributed by atoms with E-state index in [4.69, 9.17) is 18.9 Å². The molecule has 1 amide bonds. The molecule has 0 aromatic carbocycles. The number of unbranched alkanes of at least 4 members (excludes halogenated alkanes) is 52. The number of ether oxygens (including phenoxy) is 4. The van der Waals surface area contributed by atoms with Crippen molar-refractivity contribution in [2.24, 2.45) is 0 Å². The molecule has 2 aliphatic rings. The van der Waals surface area contributed by atoms with Crippen LogP contribution in [-0.4, -0.2) is 140 Å². The summed E-state index contributed by atoms with van der Waals surface area (Å²) in [6, 6.07) is -0.827. The van der Waals surface area contributed by atoms with Gasteiger partial charge in [-0.25, -0.2) is 0 Å². The molecule has 2 fully saturated rings. The van der Waals surface area contributed by atoms with Crippen molar-refractivity contribution in [1.29, 1.82) is 0 Å². The lowest BCUT2D eigenvalue weighted by atomic mass is 9.97. The fourth-order valence-electron chi connectivity index (χ4n) is 13.7. The van der Waals surface area contributed by atoms with E-state index in [9.17, 15) is 45.6 Å². The molecule has 0 aliphatic carbocycles. The van der Waals surface area contributed by atoms with Gasteiger partial charge in [0.25, 0.3) is 0 Å². The lowest BCUT2D eigenvalue weighted by molar-refractivity contribution is -0.359. The molecule has 556 valence electrons. The molecule has 9 N–H and O–H groups in total. The van der Waals surface area contributed by atoms with Gasteiger partial charge in [-0.05, 0) is 44.9 Å². The Bertz CT molecular complexity index is 1670. The Balaban J connectivity index is 1.55. The molecule has 0 aromatic rings. The number of carbonyl (C=O) groups excluding carboxylic acids is 1. The van der Waals surface area contributed by atoms with Gasteiger partial charge in [-0.2, -0.15) is 0 Å². The first-order valence-corrected chi connectivity index (χ1v) is 40.6. The van der Waals surface area contributed by atoms with Crippen LogP contribution in [0.25, 0.3) is 0 Å². The van der Waals surface area contributed by atoms with E-state index >= 15 is 0 Å². The third kappa shape index (κ3) is 47.5. The van der Waals surface area contributed by atoms with Gasteiger partial charge in [0.2, 0.25) is 5.91 Å². The fourth-order valence-corrected chi connectivity index (χ4v) is 13.7. The van der Waals surface area contributed by atoms with Crippen LogP contribution in [-0.2, 0) is 23.7 Å². The maximum Gasteiger partial charge on any atom is 0.220 e. The average Bonchev–Trinajstić information content (AvgIpc) is 0.794. The minimum Gasteiger partial charge on any atom is -0.394 e. The van der Waals surface area contributed by atoms with Gasteiger partial charge in [0.1, 0.15) is 48.8 Å². The molecule has 12 unspecified atom stereocenters. The van der Waals surface area contributed by atoms with Gasteiger partial charge in [0, 0.05) is 6.42 Å². The smallest absolute Gasteiger partial charge is 0.220 e. The summed E-state index contributed by atoms with van der Waals surface area (Å²) in [6.45, 7) is 2.92. The maximum atomic E-state index is 13.4. The quantitative estimate of drug-likeness (QED) is 0.0204. The van der Waals surface area contributed by atoms with E-state index in [-0.39, 0.29) is 12.5 Å². The normalized spacial score (nSPS) is 22.5. The van der Waals surface area contributed by atoms with Crippen LogP contribution in [0.4, 0.5) is 0 Å². The van der Waals surface area contributed by atoms with Gasteiger partial charge in [-0.15, -0.1) is 0 Å². The Labute approximate surface area is 577 Å². The molecule has 0 radical (unpaired) electrons. The van der Waals surface area contributed by atoms with Crippen molar-refractivity contribution in [3.63, 3.8) is 0 Å². The van der Waals surface area contributed by atoms with E-state index in [0.29, 0.717) is 12.8 Å². The summed E-state index contributed by atoms with van der Waals surface area (Å²) in [5.74, 6) is -0.197. The first kappa shape index (κ1) is 88.6. The van der Waals surface area contributed by atoms with Crippen LogP contribution in [0.3, 0.4) is 0 Å². The van der Waals surface area contributed by atoms with Gasteiger partial charge < -0.3 is 65.1 Å². The molecule has 0 spiro atoms. The molecular formula is C80H153NO13. The third-order valence-electron chi connectivity index (χ3n) is 20.2. The number of rotatable bonds is 69. The summed E-state index contributed by atoms with van der Waals surface area (Å²) < 4.78 is 23.0. The van der Waals surface area contributed by atoms with Crippen molar-refractivity contribution < 1.29 is 64.6 Å². The number of carbonyl (C=O) groups is 1. The number of aliphatic hydroxyl groups is 8. The van der Waals surface area contributed by atoms with Gasteiger partial charge in [0.05, 0.1) is 32.0 Å². The molecule has 14 heteroatoms. The van der Waals surface area contributed by atoms with Gasteiger partial charge in [-0.1, -0.05) is 359 Å². The van der Waals surface area contributed by atoms with E-state index in [1.165, 1.54) is 302 Å². The number of allylic oxidation sites excluding steroid dienone is 4. The van der Waals surface area contributed by atoms with E-state index in [1.54, 1.807) is 0 Å². The molecular weight excluding hydrogens is 1180 g/mol. The fraction of sp³-hybridized carbons (Fsp3) is 0.938. The van der Waals surface area contributed by atoms with Crippen LogP contribution in [0, 0.1) is 0 Å². The molecule has 94 heavy (non-hydrogen) atoms. The first-order valence-electron chi connectivity index (χ1n) is 40.6. The van der Waals surface area contributed by atoms with Gasteiger partial charge in [-0.3, -0.25) is 4.79 Å². The van der Waals surface area contributed by atoms with Crippen LogP contribution in [0.1, 0.15) is 386 Å². The molecule has 0 saturated carbocycles. The Morgan fingerprint density at radius 1 is 0.383 bits per heavy atom. The summed E-state index contributed by atoms with van der Waals surface area (Å²) in [7, 11) is 0. The van der Waals surface area contributed by atoms with Crippen LogP contribution in [0.5, 0.6) is 0 Å². The van der Waals surface area contributed by atoms with Gasteiger partial charge in [0.15, 0.2) is 12.6 Å². The average molecular weight is 1340 g/mol. The topological polar surface area (TPSA) is 228 Å². The lowest BCUT2D eigenvalue weighted by Crippen LogP contribution is -2.65. The monoisotopic (exact) mass is 1340 g/mol. The Morgan fingerprint density at radius 3 is 1.06 bits per heavy atom. The molecule has 12 atom stereocenters. The minimum atomic E-state index is -1.78. The number of amides is 1. The zero-order valence-corrected chi connectivity index (χ0v) is 61.0. The predicted molar refractivity (Wildman–Crippen MR) is 388 cm³/mol. The summed E-state index contributed by atoms with van der Waals surface area (Å²) in [5, 5.41) is 87.8. The summed E-state index contributed by atoms with van der Waals surface area (Å²) in [6.07, 6.45) is 66.6. The van der Waals surface area contributed by atoms with Crippen LogP contribution >= 0.6 is 0 Å². The standard InChI is InChI=1S/C80H153NO13/c1-3-5-7-9-11-13-15-17-19-21-23-25-26-27-28-29-30-31-32-33-34-35-36-37-38-39-40-41-42-44-46-48-50-52-54-56-58-60-62-64-72(85)81-68(69(84)63-61-59-57-55-53-51-49-47-45-43-24-22-20-18-16-14-12-10-8-6-4-2)67-91-79-77(90)75(88)78(71(66-83)93-79)94-80-76(89)74(87)73(86)70(65-82)92-80/h15,17,21,23,68-71,73-80,82-84,86-90H,3-14,16,18-20,22,24-67H2,1-2H3,(H,81,85)/b17-15-,23-21-. The number of hydrogen-bond acceptors (Lipinski definition) is 13. The molecule has 2 heterocycles.